The predicted molar refractivity (Wildman–Crippen MR) is 88.8 cm³/mol. The Kier molecular flexibility index (Phi) is 5.40. The van der Waals surface area contributed by atoms with Crippen molar-refractivity contribution in [2.75, 3.05) is 7.11 Å². The molecule has 0 aliphatic heterocycles. The van der Waals surface area contributed by atoms with E-state index in [1.54, 1.807) is 7.11 Å². The molecule has 2 nitrogen and oxygen atoms in total. The lowest BCUT2D eigenvalue weighted by molar-refractivity contribution is 0.413. The first-order valence-corrected chi connectivity index (χ1v) is 7.56. The number of rotatable bonds is 6. The third kappa shape index (κ3) is 4.33. The Balaban J connectivity index is 1.95. The van der Waals surface area contributed by atoms with Gasteiger partial charge in [-0.2, -0.15) is 0 Å². The number of hydrogen-bond acceptors (Lipinski definition) is 2. The summed E-state index contributed by atoms with van der Waals surface area (Å²) in [7, 11) is 1.70. The second kappa shape index (κ2) is 7.28. The van der Waals surface area contributed by atoms with Crippen molar-refractivity contribution < 1.29 is 4.74 Å². The van der Waals surface area contributed by atoms with Crippen LogP contribution < -0.4 is 10.1 Å². The number of nitrogens with one attached hydrogen (secondary N) is 1. The van der Waals surface area contributed by atoms with Gasteiger partial charge in [0.05, 0.1) is 7.11 Å². The molecule has 0 radical (unpaired) electrons. The summed E-state index contributed by atoms with van der Waals surface area (Å²) in [5.74, 6) is 1.49. The van der Waals surface area contributed by atoms with Crippen LogP contribution in [0.3, 0.4) is 0 Å². The first-order chi connectivity index (χ1) is 10.1. The highest BCUT2D eigenvalue weighted by molar-refractivity contribution is 5.30. The fourth-order valence-electron chi connectivity index (χ4n) is 2.32. The van der Waals surface area contributed by atoms with E-state index in [0.29, 0.717) is 12.0 Å². The van der Waals surface area contributed by atoms with E-state index < -0.39 is 0 Å². The minimum atomic E-state index is 0.296. The van der Waals surface area contributed by atoms with Gasteiger partial charge in [0.25, 0.3) is 0 Å². The van der Waals surface area contributed by atoms with Crippen molar-refractivity contribution in [1.82, 2.24) is 5.32 Å². The fraction of sp³-hybridized carbons (Fsp3) is 0.368. The van der Waals surface area contributed by atoms with Crippen LogP contribution >= 0.6 is 0 Å². The summed E-state index contributed by atoms with van der Waals surface area (Å²) in [4.78, 5) is 0. The second-order valence-electron chi connectivity index (χ2n) is 5.78. The van der Waals surface area contributed by atoms with Gasteiger partial charge in [-0.3, -0.25) is 0 Å². The van der Waals surface area contributed by atoms with Gasteiger partial charge in [0, 0.05) is 12.6 Å². The summed E-state index contributed by atoms with van der Waals surface area (Å²) in [5, 5.41) is 3.56. The third-order valence-corrected chi connectivity index (χ3v) is 3.85. The maximum absolute atomic E-state index is 5.28. The van der Waals surface area contributed by atoms with Crippen LogP contribution in [0.1, 0.15) is 49.4 Å². The first kappa shape index (κ1) is 15.6. The summed E-state index contributed by atoms with van der Waals surface area (Å²) in [6, 6.07) is 17.4. The van der Waals surface area contributed by atoms with E-state index in [9.17, 15) is 0 Å². The highest BCUT2D eigenvalue weighted by Gasteiger charge is 2.06. The van der Waals surface area contributed by atoms with E-state index in [4.69, 9.17) is 4.74 Å². The van der Waals surface area contributed by atoms with Gasteiger partial charge in [-0.05, 0) is 41.7 Å². The molecule has 0 fully saturated rings. The molecule has 0 aromatic heterocycles. The van der Waals surface area contributed by atoms with Crippen molar-refractivity contribution in [1.29, 1.82) is 0 Å². The van der Waals surface area contributed by atoms with Crippen LogP contribution in [0.5, 0.6) is 5.75 Å². The van der Waals surface area contributed by atoms with Gasteiger partial charge in [-0.1, -0.05) is 50.2 Å². The van der Waals surface area contributed by atoms with E-state index >= 15 is 0 Å². The quantitative estimate of drug-likeness (QED) is 0.832. The van der Waals surface area contributed by atoms with Gasteiger partial charge in [-0.15, -0.1) is 0 Å². The molecular weight excluding hydrogens is 258 g/mol. The predicted octanol–water partition coefficient (Wildman–Crippen LogP) is 4.67. The largest absolute Gasteiger partial charge is 0.497 e. The molecule has 0 saturated carbocycles. The standard InChI is InChI=1S/C19H25NO/c1-14(2)17-10-8-16(9-11-17)13-20-15(3)18-6-5-7-19(12-18)21-4/h5-12,14-15,20H,13H2,1-4H3/t15-/m0/s1. The molecule has 0 spiro atoms. The summed E-state index contributed by atoms with van der Waals surface area (Å²) >= 11 is 0. The molecule has 2 aromatic rings. The van der Waals surface area contributed by atoms with Crippen LogP contribution in [0.25, 0.3) is 0 Å². The van der Waals surface area contributed by atoms with Gasteiger partial charge in [-0.25, -0.2) is 0 Å². The number of methoxy groups -OCH3 is 1. The Labute approximate surface area is 128 Å². The third-order valence-electron chi connectivity index (χ3n) is 3.85. The highest BCUT2D eigenvalue weighted by Crippen LogP contribution is 2.19. The zero-order valence-electron chi connectivity index (χ0n) is 13.4. The van der Waals surface area contributed by atoms with Crippen molar-refractivity contribution in [3.63, 3.8) is 0 Å². The van der Waals surface area contributed by atoms with Crippen molar-refractivity contribution >= 4 is 0 Å². The van der Waals surface area contributed by atoms with Crippen LogP contribution in [0, 0.1) is 0 Å². The molecule has 0 aliphatic carbocycles. The van der Waals surface area contributed by atoms with Gasteiger partial charge in [0.1, 0.15) is 5.75 Å². The molecule has 0 heterocycles. The van der Waals surface area contributed by atoms with E-state index in [2.05, 4.69) is 62.5 Å². The molecular formula is C19H25NO. The van der Waals surface area contributed by atoms with E-state index in [-0.39, 0.29) is 0 Å². The lowest BCUT2D eigenvalue weighted by Crippen LogP contribution is -2.18. The molecule has 0 unspecified atom stereocenters. The van der Waals surface area contributed by atoms with Gasteiger partial charge in [0.2, 0.25) is 0 Å². The maximum atomic E-state index is 5.28. The van der Waals surface area contributed by atoms with E-state index in [0.717, 1.165) is 12.3 Å². The average molecular weight is 283 g/mol. The normalized spacial score (nSPS) is 12.4. The second-order valence-corrected chi connectivity index (χ2v) is 5.78. The zero-order valence-corrected chi connectivity index (χ0v) is 13.4. The van der Waals surface area contributed by atoms with Crippen molar-refractivity contribution in [3.05, 3.63) is 65.2 Å². The van der Waals surface area contributed by atoms with Crippen LogP contribution in [-0.2, 0) is 6.54 Å². The molecule has 112 valence electrons. The SMILES string of the molecule is COc1cccc([C@H](C)NCc2ccc(C(C)C)cc2)c1. The van der Waals surface area contributed by atoms with Crippen molar-refractivity contribution in [2.24, 2.45) is 0 Å². The topological polar surface area (TPSA) is 21.3 Å². The van der Waals surface area contributed by atoms with E-state index in [1.807, 2.05) is 12.1 Å². The summed E-state index contributed by atoms with van der Waals surface area (Å²) in [6.07, 6.45) is 0. The average Bonchev–Trinajstić information content (AvgIpc) is 2.53. The van der Waals surface area contributed by atoms with Crippen LogP contribution in [-0.4, -0.2) is 7.11 Å². The Morgan fingerprint density at radius 2 is 1.67 bits per heavy atom. The molecule has 2 aromatic carbocycles. The zero-order chi connectivity index (χ0) is 15.2. The molecule has 0 saturated heterocycles. The Morgan fingerprint density at radius 3 is 2.29 bits per heavy atom. The fourth-order valence-corrected chi connectivity index (χ4v) is 2.32. The van der Waals surface area contributed by atoms with Crippen molar-refractivity contribution in [2.45, 2.75) is 39.3 Å². The molecule has 1 N–H and O–H groups in total. The number of benzene rings is 2. The van der Waals surface area contributed by atoms with Crippen LogP contribution in [0.4, 0.5) is 0 Å². The van der Waals surface area contributed by atoms with Gasteiger partial charge >= 0.3 is 0 Å². The molecule has 21 heavy (non-hydrogen) atoms. The lowest BCUT2D eigenvalue weighted by atomic mass is 10.0. The number of hydrogen-bond donors (Lipinski definition) is 1. The van der Waals surface area contributed by atoms with Crippen molar-refractivity contribution in [3.8, 4) is 5.75 Å². The van der Waals surface area contributed by atoms with Gasteiger partial charge in [0.15, 0.2) is 0 Å². The molecule has 2 rings (SSSR count). The lowest BCUT2D eigenvalue weighted by Gasteiger charge is -2.15. The minimum Gasteiger partial charge on any atom is -0.497 e. The van der Waals surface area contributed by atoms with E-state index in [1.165, 1.54) is 16.7 Å². The molecule has 2 heteroatoms. The summed E-state index contributed by atoms with van der Waals surface area (Å²) in [6.45, 7) is 7.49. The molecule has 1 atom stereocenters. The van der Waals surface area contributed by atoms with Gasteiger partial charge < -0.3 is 10.1 Å². The summed E-state index contributed by atoms with van der Waals surface area (Å²) < 4.78 is 5.28. The monoisotopic (exact) mass is 283 g/mol. The number of ether oxygens (including phenoxy) is 1. The summed E-state index contributed by atoms with van der Waals surface area (Å²) in [5.41, 5.74) is 3.95. The Hall–Kier alpha value is -1.80. The molecule has 0 aliphatic rings. The molecule has 0 amide bonds. The minimum absolute atomic E-state index is 0.296. The Bertz CT molecular complexity index is 560. The highest BCUT2D eigenvalue weighted by atomic mass is 16.5. The smallest absolute Gasteiger partial charge is 0.119 e. The maximum Gasteiger partial charge on any atom is 0.119 e. The van der Waals surface area contributed by atoms with Crippen LogP contribution in [0.15, 0.2) is 48.5 Å². The van der Waals surface area contributed by atoms with Crippen LogP contribution in [0.2, 0.25) is 0 Å². The Morgan fingerprint density at radius 1 is 0.952 bits per heavy atom. The first-order valence-electron chi connectivity index (χ1n) is 7.56. The molecule has 0 bridgehead atoms.